The van der Waals surface area contributed by atoms with Crippen LogP contribution in [0.5, 0.6) is 0 Å². The van der Waals surface area contributed by atoms with Crippen LogP contribution in [0.25, 0.3) is 54.7 Å². The Morgan fingerprint density at radius 1 is 0.742 bits per heavy atom. The number of aromatic nitrogens is 1. The summed E-state index contributed by atoms with van der Waals surface area (Å²) in [6.45, 7) is 1.78. The molecule has 4 aromatic carbocycles. The molecule has 0 atom stereocenters. The van der Waals surface area contributed by atoms with Crippen molar-refractivity contribution in [3.63, 3.8) is 0 Å². The highest BCUT2D eigenvalue weighted by Crippen LogP contribution is 2.39. The zero-order chi connectivity index (χ0) is 23.8. The summed E-state index contributed by atoms with van der Waals surface area (Å²) in [6, 6.07) is 23.3. The van der Waals surface area contributed by atoms with Crippen molar-refractivity contribution in [2.75, 3.05) is 0 Å². The van der Waals surface area contributed by atoms with Gasteiger partial charge >= 0.3 is 0 Å². The standard InChI is InChI=1S/C29H24NO/c1-17-9-12-23-25-15-24-21(11-10-20-7-5-6-8-22(20)24)14-27(25)31-29(23)28(17)26-13-18(2)19(3)16-30(26)4/h5-16H,1-4H3/q+1/i3D3. The van der Waals surface area contributed by atoms with Crippen LogP contribution in [-0.2, 0) is 7.05 Å². The van der Waals surface area contributed by atoms with Gasteiger partial charge in [0.05, 0.1) is 5.56 Å². The van der Waals surface area contributed by atoms with Gasteiger partial charge in [0.2, 0.25) is 5.69 Å². The minimum atomic E-state index is -2.15. The van der Waals surface area contributed by atoms with Crippen molar-refractivity contribution in [1.29, 1.82) is 0 Å². The molecule has 31 heavy (non-hydrogen) atoms. The summed E-state index contributed by atoms with van der Waals surface area (Å²) >= 11 is 0. The van der Waals surface area contributed by atoms with Crippen LogP contribution in [0.1, 0.15) is 20.8 Å². The van der Waals surface area contributed by atoms with Crippen molar-refractivity contribution in [2.24, 2.45) is 7.05 Å². The first kappa shape index (κ1) is 15.2. The molecule has 2 heteroatoms. The molecule has 0 spiro atoms. The van der Waals surface area contributed by atoms with E-state index in [2.05, 4.69) is 67.6 Å². The number of hydrogen-bond acceptors (Lipinski definition) is 1. The number of aryl methyl sites for hydroxylation is 4. The molecular weight excluding hydrogens is 378 g/mol. The molecule has 2 nitrogen and oxygen atoms in total. The Hall–Kier alpha value is -3.65. The summed E-state index contributed by atoms with van der Waals surface area (Å²) in [4.78, 5) is 0. The van der Waals surface area contributed by atoms with E-state index >= 15 is 0 Å². The van der Waals surface area contributed by atoms with E-state index in [1.54, 1.807) is 6.20 Å². The van der Waals surface area contributed by atoms with Crippen LogP contribution in [0.4, 0.5) is 0 Å². The molecule has 0 saturated heterocycles. The zero-order valence-electron chi connectivity index (χ0n) is 20.8. The monoisotopic (exact) mass is 405 g/mol. The summed E-state index contributed by atoms with van der Waals surface area (Å²) in [6.07, 6.45) is 1.72. The summed E-state index contributed by atoms with van der Waals surface area (Å²) < 4.78 is 32.0. The summed E-state index contributed by atoms with van der Waals surface area (Å²) in [5.74, 6) is 0. The number of pyridine rings is 1. The maximum absolute atomic E-state index is 7.86. The fourth-order valence-electron chi connectivity index (χ4n) is 4.75. The average Bonchev–Trinajstić information content (AvgIpc) is 3.15. The van der Waals surface area contributed by atoms with E-state index in [1.807, 2.05) is 24.6 Å². The van der Waals surface area contributed by atoms with E-state index in [-0.39, 0.29) is 0 Å². The zero-order valence-corrected chi connectivity index (χ0v) is 17.8. The first-order valence-electron chi connectivity index (χ1n) is 12.0. The predicted molar refractivity (Wildman–Crippen MR) is 130 cm³/mol. The van der Waals surface area contributed by atoms with Crippen molar-refractivity contribution >= 4 is 43.5 Å². The van der Waals surface area contributed by atoms with E-state index in [1.165, 1.54) is 16.2 Å². The Labute approximate surface area is 185 Å². The fraction of sp³-hybridized carbons (Fsp3) is 0.138. The van der Waals surface area contributed by atoms with Crippen LogP contribution < -0.4 is 4.57 Å². The minimum Gasteiger partial charge on any atom is -0.455 e. The molecule has 6 aromatic rings. The molecule has 0 aliphatic rings. The van der Waals surface area contributed by atoms with Gasteiger partial charge in [-0.1, -0.05) is 48.5 Å². The SMILES string of the molecule is [2H]C([2H])([2H])c1c[n+](C)c(-c2c(C)ccc3c2oc2cc4ccc5ccccc5c4cc23)cc1C. The molecular formula is C29H24NO+. The predicted octanol–water partition coefficient (Wildman–Crippen LogP) is 7.31. The molecule has 0 saturated carbocycles. The van der Waals surface area contributed by atoms with Crippen molar-refractivity contribution < 1.29 is 13.1 Å². The third-order valence-electron chi connectivity index (χ3n) is 6.45. The topological polar surface area (TPSA) is 17.0 Å². The summed E-state index contributed by atoms with van der Waals surface area (Å²) in [5, 5.41) is 6.94. The fourth-order valence-corrected chi connectivity index (χ4v) is 4.75. The lowest BCUT2D eigenvalue weighted by molar-refractivity contribution is -0.660. The number of furan rings is 1. The van der Waals surface area contributed by atoms with E-state index in [0.29, 0.717) is 5.56 Å². The normalized spacial score (nSPS) is 13.7. The maximum atomic E-state index is 7.86. The van der Waals surface area contributed by atoms with Gasteiger partial charge in [-0.05, 0) is 65.5 Å². The number of nitrogens with zero attached hydrogens (tertiary/aromatic N) is 1. The van der Waals surface area contributed by atoms with Gasteiger partial charge in [0.25, 0.3) is 0 Å². The molecule has 0 radical (unpaired) electrons. The van der Waals surface area contributed by atoms with Gasteiger partial charge < -0.3 is 4.42 Å². The van der Waals surface area contributed by atoms with Crippen LogP contribution in [-0.4, -0.2) is 0 Å². The summed E-state index contributed by atoms with van der Waals surface area (Å²) in [5.41, 5.74) is 5.80. The quantitative estimate of drug-likeness (QED) is 0.207. The van der Waals surface area contributed by atoms with Crippen molar-refractivity contribution in [3.05, 3.63) is 89.6 Å². The number of rotatable bonds is 1. The molecule has 0 N–H and O–H groups in total. The second-order valence-corrected chi connectivity index (χ2v) is 8.46. The second kappa shape index (κ2) is 6.42. The van der Waals surface area contributed by atoms with E-state index in [9.17, 15) is 0 Å². The van der Waals surface area contributed by atoms with Crippen LogP contribution >= 0.6 is 0 Å². The highest BCUT2D eigenvalue weighted by molar-refractivity contribution is 6.17. The van der Waals surface area contributed by atoms with Gasteiger partial charge in [-0.15, -0.1) is 0 Å². The third kappa shape index (κ3) is 2.61. The van der Waals surface area contributed by atoms with Crippen LogP contribution in [0, 0.1) is 20.7 Å². The molecule has 6 rings (SSSR count). The third-order valence-corrected chi connectivity index (χ3v) is 6.45. The number of benzene rings is 4. The summed E-state index contributed by atoms with van der Waals surface area (Å²) in [7, 11) is 1.89. The van der Waals surface area contributed by atoms with Crippen molar-refractivity contribution in [1.82, 2.24) is 0 Å². The van der Waals surface area contributed by atoms with Crippen LogP contribution in [0.3, 0.4) is 0 Å². The van der Waals surface area contributed by atoms with Gasteiger partial charge in [-0.25, -0.2) is 4.57 Å². The average molecular weight is 406 g/mol. The molecule has 0 fully saturated rings. The lowest BCUT2D eigenvalue weighted by Crippen LogP contribution is -2.31. The van der Waals surface area contributed by atoms with Crippen LogP contribution in [0.2, 0.25) is 0 Å². The lowest BCUT2D eigenvalue weighted by Gasteiger charge is -2.07. The van der Waals surface area contributed by atoms with Gasteiger partial charge in [0.15, 0.2) is 6.20 Å². The Kier molecular flexibility index (Phi) is 3.15. The van der Waals surface area contributed by atoms with E-state index in [0.717, 1.165) is 49.7 Å². The Morgan fingerprint density at radius 2 is 1.58 bits per heavy atom. The second-order valence-electron chi connectivity index (χ2n) is 8.46. The Morgan fingerprint density at radius 3 is 2.45 bits per heavy atom. The first-order valence-corrected chi connectivity index (χ1v) is 10.5. The Bertz CT molecular complexity index is 1780. The molecule has 2 heterocycles. The molecule has 0 bridgehead atoms. The molecule has 0 aliphatic carbocycles. The lowest BCUT2D eigenvalue weighted by atomic mass is 9.97. The smallest absolute Gasteiger partial charge is 0.216 e. The molecule has 0 unspecified atom stereocenters. The highest BCUT2D eigenvalue weighted by Gasteiger charge is 2.21. The largest absolute Gasteiger partial charge is 0.455 e. The molecule has 0 amide bonds. The minimum absolute atomic E-state index is 0.367. The van der Waals surface area contributed by atoms with Gasteiger partial charge in [-0.2, -0.15) is 0 Å². The van der Waals surface area contributed by atoms with Gasteiger partial charge in [0, 0.05) is 26.5 Å². The Balaban J connectivity index is 1.68. The van der Waals surface area contributed by atoms with E-state index in [4.69, 9.17) is 8.53 Å². The van der Waals surface area contributed by atoms with Crippen molar-refractivity contribution in [3.8, 4) is 11.3 Å². The van der Waals surface area contributed by atoms with Crippen LogP contribution in [0.15, 0.2) is 77.3 Å². The van der Waals surface area contributed by atoms with Crippen molar-refractivity contribution in [2.45, 2.75) is 20.7 Å². The van der Waals surface area contributed by atoms with Gasteiger partial charge in [0.1, 0.15) is 18.2 Å². The molecule has 150 valence electrons. The number of fused-ring (bicyclic) bond motifs is 6. The highest BCUT2D eigenvalue weighted by atomic mass is 16.3. The number of hydrogen-bond donors (Lipinski definition) is 0. The molecule has 2 aromatic heterocycles. The molecule has 0 aliphatic heterocycles. The first-order chi connectivity index (χ1) is 16.2. The van der Waals surface area contributed by atoms with E-state index < -0.39 is 6.85 Å². The van der Waals surface area contributed by atoms with Gasteiger partial charge in [-0.3, -0.25) is 0 Å². The maximum Gasteiger partial charge on any atom is 0.216 e.